The van der Waals surface area contributed by atoms with Crippen LogP contribution >= 0.6 is 11.3 Å². The molecular weight excluding hydrogens is 300 g/mol. The first-order chi connectivity index (χ1) is 10.7. The minimum Gasteiger partial charge on any atom is -0.465 e. The zero-order chi connectivity index (χ0) is 15.5. The first-order valence-corrected chi connectivity index (χ1v) is 7.97. The van der Waals surface area contributed by atoms with Crippen molar-refractivity contribution in [2.45, 2.75) is 25.3 Å². The van der Waals surface area contributed by atoms with Gasteiger partial charge in [-0.3, -0.25) is 9.78 Å². The lowest BCUT2D eigenvalue weighted by Gasteiger charge is -2.09. The highest BCUT2D eigenvalue weighted by atomic mass is 32.1. The number of nitrogens with one attached hydrogen (secondary N) is 1. The van der Waals surface area contributed by atoms with Gasteiger partial charge in [0.1, 0.15) is 0 Å². The second-order valence-corrected chi connectivity index (χ2v) is 6.11. The van der Waals surface area contributed by atoms with E-state index in [-0.39, 0.29) is 11.9 Å². The summed E-state index contributed by atoms with van der Waals surface area (Å²) in [5.74, 6) is -0.132. The van der Waals surface area contributed by atoms with E-state index in [9.17, 15) is 9.59 Å². The molecule has 0 aliphatic heterocycles. The second-order valence-electron chi connectivity index (χ2n) is 5.16. The third kappa shape index (κ3) is 3.17. The van der Waals surface area contributed by atoms with E-state index in [0.29, 0.717) is 22.9 Å². The van der Waals surface area contributed by atoms with Crippen molar-refractivity contribution in [3.8, 4) is 0 Å². The first kappa shape index (κ1) is 14.7. The molecule has 0 unspecified atom stereocenters. The quantitative estimate of drug-likeness (QED) is 0.861. The molecule has 1 fully saturated rings. The van der Waals surface area contributed by atoms with Crippen molar-refractivity contribution in [1.29, 1.82) is 0 Å². The van der Waals surface area contributed by atoms with Crippen LogP contribution in [0.2, 0.25) is 0 Å². The molecule has 2 heterocycles. The summed E-state index contributed by atoms with van der Waals surface area (Å²) in [6.45, 7) is 0.345. The molecule has 114 valence electrons. The topological polar surface area (TPSA) is 68.3 Å². The summed E-state index contributed by atoms with van der Waals surface area (Å²) in [5.41, 5.74) is 2.06. The lowest BCUT2D eigenvalue weighted by Crippen LogP contribution is -2.22. The summed E-state index contributed by atoms with van der Waals surface area (Å²) in [4.78, 5) is 28.9. The maximum atomic E-state index is 11.9. The predicted octanol–water partition coefficient (Wildman–Crippen LogP) is 2.74. The summed E-state index contributed by atoms with van der Waals surface area (Å²) in [6.07, 6.45) is 2.09. The number of ether oxygens (including phenoxy) is 1. The highest BCUT2D eigenvalue weighted by molar-refractivity contribution is 7.12. The Morgan fingerprint density at radius 2 is 2.18 bits per heavy atom. The zero-order valence-electron chi connectivity index (χ0n) is 12.2. The third-order valence-electron chi connectivity index (χ3n) is 3.53. The molecule has 5 nitrogen and oxygen atoms in total. The van der Waals surface area contributed by atoms with Crippen LogP contribution in [-0.2, 0) is 11.3 Å². The normalized spacial score (nSPS) is 13.7. The standard InChI is InChI=1S/C16H16N2O3S/c1-21-16(20)12-7-6-11(18-14(12)10-4-5-10)9-17-15(19)13-3-2-8-22-13/h2-3,6-8,10H,4-5,9H2,1H3,(H,17,19). The Hall–Kier alpha value is -2.21. The molecule has 1 amide bonds. The molecule has 0 aromatic carbocycles. The van der Waals surface area contributed by atoms with E-state index in [0.717, 1.165) is 24.2 Å². The summed E-state index contributed by atoms with van der Waals surface area (Å²) in [6, 6.07) is 7.11. The number of aromatic nitrogens is 1. The number of hydrogen-bond acceptors (Lipinski definition) is 5. The number of hydrogen-bond donors (Lipinski definition) is 1. The smallest absolute Gasteiger partial charge is 0.339 e. The van der Waals surface area contributed by atoms with Crippen molar-refractivity contribution in [2.75, 3.05) is 7.11 Å². The molecule has 6 heteroatoms. The number of rotatable bonds is 5. The number of thiophene rings is 1. The van der Waals surface area contributed by atoms with Crippen LogP contribution in [0, 0.1) is 0 Å². The number of esters is 1. The number of pyridine rings is 1. The lowest BCUT2D eigenvalue weighted by molar-refractivity contribution is 0.0598. The Balaban J connectivity index is 1.73. The van der Waals surface area contributed by atoms with Gasteiger partial charge in [-0.1, -0.05) is 6.07 Å². The largest absolute Gasteiger partial charge is 0.465 e. The van der Waals surface area contributed by atoms with Gasteiger partial charge in [0.2, 0.25) is 0 Å². The Labute approximate surface area is 132 Å². The summed E-state index contributed by atoms with van der Waals surface area (Å²) >= 11 is 1.40. The van der Waals surface area contributed by atoms with E-state index in [1.807, 2.05) is 11.4 Å². The monoisotopic (exact) mass is 316 g/mol. The molecule has 3 rings (SSSR count). The fraction of sp³-hybridized carbons (Fsp3) is 0.312. The van der Waals surface area contributed by atoms with E-state index in [1.54, 1.807) is 18.2 Å². The zero-order valence-corrected chi connectivity index (χ0v) is 13.0. The van der Waals surface area contributed by atoms with Crippen LogP contribution < -0.4 is 5.32 Å². The minimum absolute atomic E-state index is 0.109. The minimum atomic E-state index is -0.358. The summed E-state index contributed by atoms with van der Waals surface area (Å²) in [5, 5.41) is 4.71. The third-order valence-corrected chi connectivity index (χ3v) is 4.40. The molecule has 0 radical (unpaired) electrons. The van der Waals surface area contributed by atoms with Crippen LogP contribution in [0.3, 0.4) is 0 Å². The van der Waals surface area contributed by atoms with Gasteiger partial charge in [0, 0.05) is 5.92 Å². The first-order valence-electron chi connectivity index (χ1n) is 7.09. The molecule has 2 aromatic heterocycles. The molecule has 0 atom stereocenters. The fourth-order valence-corrected chi connectivity index (χ4v) is 2.87. The maximum absolute atomic E-state index is 11.9. The van der Waals surface area contributed by atoms with Crippen LogP contribution in [0.1, 0.15) is 50.2 Å². The van der Waals surface area contributed by atoms with Crippen molar-refractivity contribution in [2.24, 2.45) is 0 Å². The molecule has 2 aromatic rings. The van der Waals surface area contributed by atoms with Gasteiger partial charge in [0.05, 0.1) is 35.5 Å². The Morgan fingerprint density at radius 1 is 1.36 bits per heavy atom. The lowest BCUT2D eigenvalue weighted by atomic mass is 10.1. The maximum Gasteiger partial charge on any atom is 0.339 e. The summed E-state index contributed by atoms with van der Waals surface area (Å²) in [7, 11) is 1.37. The molecule has 1 aliphatic carbocycles. The van der Waals surface area contributed by atoms with Gasteiger partial charge in [-0.15, -0.1) is 11.3 Å². The van der Waals surface area contributed by atoms with Gasteiger partial charge in [-0.25, -0.2) is 4.79 Å². The highest BCUT2D eigenvalue weighted by Gasteiger charge is 2.30. The average Bonchev–Trinajstić information content (AvgIpc) is 3.25. The van der Waals surface area contributed by atoms with Crippen LogP contribution in [-0.4, -0.2) is 24.0 Å². The van der Waals surface area contributed by atoms with Crippen molar-refractivity contribution in [3.05, 3.63) is 51.5 Å². The van der Waals surface area contributed by atoms with Gasteiger partial charge in [0.15, 0.2) is 0 Å². The van der Waals surface area contributed by atoms with Crippen molar-refractivity contribution in [1.82, 2.24) is 10.3 Å². The molecule has 1 saturated carbocycles. The SMILES string of the molecule is COC(=O)c1ccc(CNC(=O)c2cccs2)nc1C1CC1. The Morgan fingerprint density at radius 3 is 2.82 bits per heavy atom. The molecule has 0 saturated heterocycles. The number of carbonyl (C=O) groups excluding carboxylic acids is 2. The number of nitrogens with zero attached hydrogens (tertiary/aromatic N) is 1. The molecule has 1 N–H and O–H groups in total. The van der Waals surface area contributed by atoms with E-state index in [2.05, 4.69) is 10.3 Å². The van der Waals surface area contributed by atoms with Crippen LogP contribution in [0.4, 0.5) is 0 Å². The molecule has 1 aliphatic rings. The number of amides is 1. The van der Waals surface area contributed by atoms with Crippen LogP contribution in [0.25, 0.3) is 0 Å². The van der Waals surface area contributed by atoms with E-state index >= 15 is 0 Å². The number of carbonyl (C=O) groups is 2. The molecule has 0 bridgehead atoms. The van der Waals surface area contributed by atoms with Gasteiger partial charge in [-0.2, -0.15) is 0 Å². The van der Waals surface area contributed by atoms with Crippen LogP contribution in [0.5, 0.6) is 0 Å². The Kier molecular flexibility index (Phi) is 4.20. The van der Waals surface area contributed by atoms with Gasteiger partial charge >= 0.3 is 5.97 Å². The van der Waals surface area contributed by atoms with E-state index in [1.165, 1.54) is 18.4 Å². The molecular formula is C16H16N2O3S. The van der Waals surface area contributed by atoms with Crippen molar-refractivity contribution < 1.29 is 14.3 Å². The number of methoxy groups -OCH3 is 1. The molecule has 0 spiro atoms. The Bertz CT molecular complexity index is 693. The predicted molar refractivity (Wildman–Crippen MR) is 83.0 cm³/mol. The van der Waals surface area contributed by atoms with Gasteiger partial charge in [-0.05, 0) is 36.4 Å². The van der Waals surface area contributed by atoms with Crippen molar-refractivity contribution in [3.63, 3.8) is 0 Å². The van der Waals surface area contributed by atoms with Crippen LogP contribution in [0.15, 0.2) is 29.6 Å². The van der Waals surface area contributed by atoms with Gasteiger partial charge in [0.25, 0.3) is 5.91 Å². The molecule has 22 heavy (non-hydrogen) atoms. The van der Waals surface area contributed by atoms with E-state index < -0.39 is 0 Å². The average molecular weight is 316 g/mol. The second kappa shape index (κ2) is 6.27. The van der Waals surface area contributed by atoms with E-state index in [4.69, 9.17) is 4.74 Å². The fourth-order valence-electron chi connectivity index (χ4n) is 2.23. The van der Waals surface area contributed by atoms with Gasteiger partial charge < -0.3 is 10.1 Å². The highest BCUT2D eigenvalue weighted by Crippen LogP contribution is 2.40. The van der Waals surface area contributed by atoms with Crippen molar-refractivity contribution >= 4 is 23.2 Å². The summed E-state index contributed by atoms with van der Waals surface area (Å²) < 4.78 is 4.79.